The first-order valence-electron chi connectivity index (χ1n) is 10.2. The van der Waals surface area contributed by atoms with Crippen LogP contribution in [0.15, 0.2) is 54.0 Å². The van der Waals surface area contributed by atoms with Gasteiger partial charge in [0.05, 0.1) is 11.6 Å². The van der Waals surface area contributed by atoms with E-state index in [1.54, 1.807) is 23.1 Å². The van der Waals surface area contributed by atoms with Crippen molar-refractivity contribution in [2.45, 2.75) is 6.42 Å². The number of hydrogen-bond acceptors (Lipinski definition) is 6. The van der Waals surface area contributed by atoms with E-state index in [0.717, 1.165) is 22.2 Å². The van der Waals surface area contributed by atoms with E-state index >= 15 is 0 Å². The van der Waals surface area contributed by atoms with E-state index in [-0.39, 0.29) is 25.0 Å². The zero-order valence-corrected chi connectivity index (χ0v) is 17.6. The summed E-state index contributed by atoms with van der Waals surface area (Å²) in [6.07, 6.45) is 2.07. The van der Waals surface area contributed by atoms with E-state index in [2.05, 4.69) is 15.3 Å². The Morgan fingerprint density at radius 3 is 3.00 bits per heavy atom. The highest BCUT2D eigenvalue weighted by Crippen LogP contribution is 2.37. The Bertz CT molecular complexity index is 1360. The maximum Gasteiger partial charge on any atom is 0.231 e. The quantitative estimate of drug-likeness (QED) is 0.494. The third kappa shape index (κ3) is 3.18. The molecule has 2 N–H and O–H groups in total. The van der Waals surface area contributed by atoms with Crippen LogP contribution in [0.5, 0.6) is 11.5 Å². The van der Waals surface area contributed by atoms with Gasteiger partial charge in [-0.25, -0.2) is 4.98 Å². The molecule has 1 atom stereocenters. The summed E-state index contributed by atoms with van der Waals surface area (Å²) in [6, 6.07) is 13.4. The lowest BCUT2D eigenvalue weighted by Crippen LogP contribution is -2.28. The highest BCUT2D eigenvalue weighted by Gasteiger charge is 2.36. The van der Waals surface area contributed by atoms with Crippen LogP contribution in [0.2, 0.25) is 0 Å². The number of ether oxygens (including phenoxy) is 2. The van der Waals surface area contributed by atoms with Crippen molar-refractivity contribution in [1.29, 1.82) is 0 Å². The smallest absolute Gasteiger partial charge is 0.231 e. The molecule has 0 aliphatic carbocycles. The molecule has 4 aromatic rings. The average molecular weight is 446 g/mol. The molecular weight excluding hydrogens is 428 g/mol. The maximum absolute atomic E-state index is 12.9. The third-order valence-corrected chi connectivity index (χ3v) is 6.52. The fourth-order valence-electron chi connectivity index (χ4n) is 4.13. The summed E-state index contributed by atoms with van der Waals surface area (Å²) in [5, 5.41) is 6.40. The number of H-pyrrole nitrogens is 1. The third-order valence-electron chi connectivity index (χ3n) is 5.76. The molecule has 0 radical (unpaired) electrons. The highest BCUT2D eigenvalue weighted by atomic mass is 32.1. The molecule has 8 nitrogen and oxygen atoms in total. The first-order valence-corrected chi connectivity index (χ1v) is 11.1. The van der Waals surface area contributed by atoms with Crippen molar-refractivity contribution in [3.63, 3.8) is 0 Å². The molecule has 4 heterocycles. The van der Waals surface area contributed by atoms with Crippen molar-refractivity contribution >= 4 is 44.9 Å². The summed E-state index contributed by atoms with van der Waals surface area (Å²) in [5.74, 6) is 0.512. The number of carbonyl (C=O) groups is 2. The van der Waals surface area contributed by atoms with Gasteiger partial charge >= 0.3 is 0 Å². The van der Waals surface area contributed by atoms with Gasteiger partial charge in [-0.2, -0.15) is 0 Å². The standard InChI is InChI=1S/C23H18N4O4S/c28-21-7-13(10-27(21)14-5-6-19-20(8-14)31-12-30-19)22(29)26-23-25-18(11-32-23)16-9-24-17-4-2-1-3-15(16)17/h1-6,8-9,11,13,24H,7,10,12H2,(H,25,26,29). The first kappa shape index (κ1) is 18.9. The van der Waals surface area contributed by atoms with Crippen molar-refractivity contribution in [1.82, 2.24) is 9.97 Å². The number of aromatic nitrogens is 2. The number of anilines is 2. The predicted molar refractivity (Wildman–Crippen MR) is 121 cm³/mol. The van der Waals surface area contributed by atoms with Gasteiger partial charge in [0.1, 0.15) is 0 Å². The lowest BCUT2D eigenvalue weighted by atomic mass is 10.1. The molecule has 160 valence electrons. The number of amides is 2. The molecule has 2 amide bonds. The van der Waals surface area contributed by atoms with Gasteiger partial charge in [0.2, 0.25) is 18.6 Å². The highest BCUT2D eigenvalue weighted by molar-refractivity contribution is 7.14. The summed E-state index contributed by atoms with van der Waals surface area (Å²) in [5.41, 5.74) is 3.52. The van der Waals surface area contributed by atoms with Crippen LogP contribution in [0.25, 0.3) is 22.2 Å². The summed E-state index contributed by atoms with van der Waals surface area (Å²) in [7, 11) is 0. The molecule has 1 saturated heterocycles. The number of para-hydroxylation sites is 1. The Morgan fingerprint density at radius 2 is 2.06 bits per heavy atom. The SMILES string of the molecule is O=C(Nc1nc(-c2c[nH]c3ccccc23)cs1)C1CC(=O)N(c2ccc3c(c2)OCO3)C1. The van der Waals surface area contributed by atoms with Gasteiger partial charge < -0.3 is 24.7 Å². The van der Waals surface area contributed by atoms with Gasteiger partial charge in [-0.15, -0.1) is 11.3 Å². The number of rotatable bonds is 4. The second-order valence-corrected chi connectivity index (χ2v) is 8.58. The molecular formula is C23H18N4O4S. The Labute approximate surface area is 186 Å². The molecule has 0 bridgehead atoms. The molecule has 1 fully saturated rings. The number of nitrogens with zero attached hydrogens (tertiary/aromatic N) is 2. The maximum atomic E-state index is 12.9. The monoisotopic (exact) mass is 446 g/mol. The molecule has 0 spiro atoms. The van der Waals surface area contributed by atoms with Crippen LogP contribution in [0.4, 0.5) is 10.8 Å². The van der Waals surface area contributed by atoms with Gasteiger partial charge in [0.15, 0.2) is 16.6 Å². The van der Waals surface area contributed by atoms with E-state index in [1.807, 2.05) is 35.8 Å². The lowest BCUT2D eigenvalue weighted by molar-refractivity contribution is -0.122. The number of thiazole rings is 1. The first-order chi connectivity index (χ1) is 15.7. The van der Waals surface area contributed by atoms with Crippen molar-refractivity contribution in [2.75, 3.05) is 23.6 Å². The fourth-order valence-corrected chi connectivity index (χ4v) is 4.85. The molecule has 2 aromatic carbocycles. The lowest BCUT2D eigenvalue weighted by Gasteiger charge is -2.17. The molecule has 2 aromatic heterocycles. The second-order valence-electron chi connectivity index (χ2n) is 7.72. The van der Waals surface area contributed by atoms with Crippen LogP contribution in [0, 0.1) is 5.92 Å². The van der Waals surface area contributed by atoms with Gasteiger partial charge in [-0.3, -0.25) is 9.59 Å². The van der Waals surface area contributed by atoms with Crippen LogP contribution in [-0.2, 0) is 9.59 Å². The number of nitrogens with one attached hydrogen (secondary N) is 2. The predicted octanol–water partition coefficient (Wildman–Crippen LogP) is 4.01. The molecule has 6 rings (SSSR count). The average Bonchev–Trinajstić information content (AvgIpc) is 3.58. The van der Waals surface area contributed by atoms with Crippen LogP contribution < -0.4 is 19.7 Å². The zero-order chi connectivity index (χ0) is 21.7. The van der Waals surface area contributed by atoms with Crippen molar-refractivity contribution in [3.05, 3.63) is 54.0 Å². The largest absolute Gasteiger partial charge is 0.454 e. The normalized spacial score (nSPS) is 17.3. The Morgan fingerprint density at radius 1 is 1.19 bits per heavy atom. The van der Waals surface area contributed by atoms with E-state index in [0.29, 0.717) is 28.9 Å². The van der Waals surface area contributed by atoms with E-state index in [4.69, 9.17) is 9.47 Å². The van der Waals surface area contributed by atoms with Crippen LogP contribution in [-0.4, -0.2) is 35.1 Å². The van der Waals surface area contributed by atoms with E-state index in [9.17, 15) is 9.59 Å². The zero-order valence-electron chi connectivity index (χ0n) is 16.8. The van der Waals surface area contributed by atoms with Gasteiger partial charge in [0.25, 0.3) is 0 Å². The minimum atomic E-state index is -0.451. The summed E-state index contributed by atoms with van der Waals surface area (Å²) in [6.45, 7) is 0.483. The summed E-state index contributed by atoms with van der Waals surface area (Å²) < 4.78 is 10.7. The number of aromatic amines is 1. The number of hydrogen-bond donors (Lipinski definition) is 2. The van der Waals surface area contributed by atoms with Crippen LogP contribution in [0.1, 0.15) is 6.42 Å². The number of benzene rings is 2. The van der Waals surface area contributed by atoms with Crippen molar-refractivity contribution in [2.24, 2.45) is 5.92 Å². The van der Waals surface area contributed by atoms with E-state index in [1.165, 1.54) is 11.3 Å². The van der Waals surface area contributed by atoms with Crippen LogP contribution in [0.3, 0.4) is 0 Å². The Balaban J connectivity index is 1.16. The second kappa shape index (κ2) is 7.38. The molecule has 1 unspecified atom stereocenters. The molecule has 32 heavy (non-hydrogen) atoms. The summed E-state index contributed by atoms with van der Waals surface area (Å²) >= 11 is 1.37. The van der Waals surface area contributed by atoms with Crippen molar-refractivity contribution < 1.29 is 19.1 Å². The molecule has 2 aliphatic heterocycles. The molecule has 9 heteroatoms. The van der Waals surface area contributed by atoms with Crippen molar-refractivity contribution in [3.8, 4) is 22.8 Å². The van der Waals surface area contributed by atoms with E-state index < -0.39 is 5.92 Å². The van der Waals surface area contributed by atoms with Gasteiger partial charge in [-0.05, 0) is 18.2 Å². The number of fused-ring (bicyclic) bond motifs is 2. The molecule has 2 aliphatic rings. The minimum absolute atomic E-state index is 0.0948. The van der Waals surface area contributed by atoms with Gasteiger partial charge in [0, 0.05) is 52.8 Å². The topological polar surface area (TPSA) is 96.5 Å². The Hall–Kier alpha value is -3.85. The molecule has 0 saturated carbocycles. The van der Waals surface area contributed by atoms with Gasteiger partial charge in [-0.1, -0.05) is 18.2 Å². The Kier molecular flexibility index (Phi) is 4.36. The fraction of sp³-hybridized carbons (Fsp3) is 0.174. The summed E-state index contributed by atoms with van der Waals surface area (Å²) in [4.78, 5) is 34.9. The minimum Gasteiger partial charge on any atom is -0.454 e. The van der Waals surface area contributed by atoms with Crippen LogP contribution >= 0.6 is 11.3 Å². The number of carbonyl (C=O) groups excluding carboxylic acids is 2.